The Morgan fingerprint density at radius 2 is 0.905 bits per heavy atom. The molecule has 2 unspecified atom stereocenters. The topological polar surface area (TPSA) is 111 Å². The molecule has 63 heavy (non-hydrogen) atoms. The number of hydrogen-bond donors (Lipinski definition) is 0. The highest BCUT2D eigenvalue weighted by molar-refractivity contribution is 5.70. The zero-order chi connectivity index (χ0) is 46.3. The van der Waals surface area contributed by atoms with E-state index in [4.69, 9.17) is 18.9 Å². The summed E-state index contributed by atoms with van der Waals surface area (Å²) >= 11 is 0. The van der Waals surface area contributed by atoms with Gasteiger partial charge in [0.25, 0.3) is 0 Å². The van der Waals surface area contributed by atoms with E-state index >= 15 is 0 Å². The van der Waals surface area contributed by atoms with Crippen molar-refractivity contribution in [3.8, 4) is 0 Å². The maximum Gasteiger partial charge on any atom is 0.306 e. The molecule has 362 valence electrons. The molecule has 0 amide bonds. The van der Waals surface area contributed by atoms with Crippen LogP contribution < -0.4 is 5.11 Å². The fraction of sp³-hybridized carbons (Fsp3) is 0.722. The summed E-state index contributed by atoms with van der Waals surface area (Å²) in [7, 11) is 5.90. The molecule has 0 aliphatic heterocycles. The number of esters is 2. The zero-order valence-electron chi connectivity index (χ0n) is 40.9. The fourth-order valence-electron chi connectivity index (χ4n) is 6.56. The summed E-state index contributed by atoms with van der Waals surface area (Å²) in [5.41, 5.74) is 0. The quantitative estimate of drug-likeness (QED) is 0.0195. The lowest BCUT2D eigenvalue weighted by molar-refractivity contribution is -0.870. The van der Waals surface area contributed by atoms with Gasteiger partial charge in [0.05, 0.1) is 40.3 Å². The summed E-state index contributed by atoms with van der Waals surface area (Å²) in [4.78, 5) is 37.1. The smallest absolute Gasteiger partial charge is 0.306 e. The fourth-order valence-corrected chi connectivity index (χ4v) is 6.56. The van der Waals surface area contributed by atoms with Gasteiger partial charge in [-0.25, -0.2) is 0 Å². The van der Waals surface area contributed by atoms with Crippen LogP contribution in [-0.2, 0) is 33.3 Å². The van der Waals surface area contributed by atoms with Crippen molar-refractivity contribution in [2.75, 3.05) is 47.5 Å². The Morgan fingerprint density at radius 3 is 1.37 bits per heavy atom. The highest BCUT2D eigenvalue weighted by Crippen LogP contribution is 2.14. The van der Waals surface area contributed by atoms with Gasteiger partial charge in [-0.15, -0.1) is 0 Å². The Bertz CT molecular complexity index is 1260. The minimum atomic E-state index is -1.63. The first-order valence-corrected chi connectivity index (χ1v) is 25.1. The van der Waals surface area contributed by atoms with E-state index in [1.54, 1.807) is 0 Å². The van der Waals surface area contributed by atoms with Gasteiger partial charge in [0.15, 0.2) is 12.4 Å². The third-order valence-electron chi connectivity index (χ3n) is 10.4. The van der Waals surface area contributed by atoms with Crippen LogP contribution in [0.3, 0.4) is 0 Å². The van der Waals surface area contributed by atoms with E-state index in [2.05, 4.69) is 86.8 Å². The molecule has 9 heteroatoms. The molecular formula is C54H93NO8. The van der Waals surface area contributed by atoms with Gasteiger partial charge in [-0.2, -0.15) is 0 Å². The normalized spacial score (nSPS) is 13.5. The third kappa shape index (κ3) is 46.5. The van der Waals surface area contributed by atoms with E-state index in [1.165, 1.54) is 64.2 Å². The summed E-state index contributed by atoms with van der Waals surface area (Å²) in [6.45, 7) is 4.59. The minimum Gasteiger partial charge on any atom is -0.545 e. The molecule has 0 aromatic heterocycles. The highest BCUT2D eigenvalue weighted by atomic mass is 16.7. The predicted octanol–water partition coefficient (Wildman–Crippen LogP) is 12.6. The minimum absolute atomic E-state index is 0.141. The predicted molar refractivity (Wildman–Crippen MR) is 260 cm³/mol. The number of quaternary nitrogens is 1. The summed E-state index contributed by atoms with van der Waals surface area (Å²) in [5.74, 6) is -2.32. The Kier molecular flexibility index (Phi) is 43.0. The van der Waals surface area contributed by atoms with E-state index in [-0.39, 0.29) is 38.6 Å². The van der Waals surface area contributed by atoms with Gasteiger partial charge in [0, 0.05) is 12.8 Å². The molecule has 0 aromatic carbocycles. The van der Waals surface area contributed by atoms with Gasteiger partial charge < -0.3 is 33.3 Å². The molecule has 0 spiro atoms. The lowest BCUT2D eigenvalue weighted by atomic mass is 10.1. The molecule has 9 nitrogen and oxygen atoms in total. The molecule has 0 saturated carbocycles. The molecule has 0 fully saturated rings. The number of carboxylic acids is 1. The van der Waals surface area contributed by atoms with E-state index in [0.29, 0.717) is 17.4 Å². The summed E-state index contributed by atoms with van der Waals surface area (Å²) in [6, 6.07) is 0. The summed E-state index contributed by atoms with van der Waals surface area (Å²) in [5, 5.41) is 11.7. The van der Waals surface area contributed by atoms with Crippen molar-refractivity contribution in [1.82, 2.24) is 0 Å². The van der Waals surface area contributed by atoms with E-state index in [9.17, 15) is 19.5 Å². The Morgan fingerprint density at radius 1 is 0.492 bits per heavy atom. The molecule has 0 N–H and O–H groups in total. The molecule has 0 saturated heterocycles. The largest absolute Gasteiger partial charge is 0.545 e. The Balaban J connectivity index is 4.39. The molecular weight excluding hydrogens is 791 g/mol. The van der Waals surface area contributed by atoms with Crippen LogP contribution in [0.1, 0.15) is 194 Å². The van der Waals surface area contributed by atoms with Crippen molar-refractivity contribution >= 4 is 17.9 Å². The average Bonchev–Trinajstić information content (AvgIpc) is 3.24. The second-order valence-electron chi connectivity index (χ2n) is 17.7. The van der Waals surface area contributed by atoms with E-state index in [1.807, 2.05) is 21.1 Å². The summed E-state index contributed by atoms with van der Waals surface area (Å²) < 4.78 is 22.6. The number of nitrogens with zero attached hydrogens (tertiary/aromatic N) is 1. The van der Waals surface area contributed by atoms with Crippen molar-refractivity contribution in [1.29, 1.82) is 0 Å². The standard InChI is InChI=1S/C54H93NO8/c1-6-8-10-12-14-16-18-20-22-23-24-25-26-27-28-29-31-33-35-37-39-41-43-45-52(57)63-50(49-62-54(53(58)59)60-47-46-55(3,4)5)48-61-51(56)44-42-40-38-36-34-32-30-21-19-17-15-13-11-9-7-2/h8,10,14,16,20-22,24-25,27-28,30,50,54H,6-7,9,11-13,15,17-19,23,26,29,31-49H2,1-5H3/b10-8-,16-14-,22-20-,25-24-,28-27-,30-21-. The second-order valence-corrected chi connectivity index (χ2v) is 17.7. The summed E-state index contributed by atoms with van der Waals surface area (Å²) in [6.07, 6.45) is 53.6. The van der Waals surface area contributed by atoms with Crippen LogP contribution in [0.15, 0.2) is 72.9 Å². The van der Waals surface area contributed by atoms with Gasteiger partial charge in [-0.05, 0) is 83.5 Å². The van der Waals surface area contributed by atoms with Gasteiger partial charge in [0.1, 0.15) is 13.2 Å². The number of carbonyl (C=O) groups is 3. The van der Waals surface area contributed by atoms with Crippen molar-refractivity contribution in [2.24, 2.45) is 0 Å². The number of allylic oxidation sites excluding steroid dienone is 12. The van der Waals surface area contributed by atoms with Crippen LogP contribution in [0, 0.1) is 0 Å². The molecule has 0 heterocycles. The van der Waals surface area contributed by atoms with E-state index < -0.39 is 24.3 Å². The van der Waals surface area contributed by atoms with Crippen LogP contribution in [0.5, 0.6) is 0 Å². The maximum atomic E-state index is 12.8. The SMILES string of the molecule is CC/C=C\C/C=C\C/C=C\C/C=C\C/C=C\CCCCCCCCCC(=O)OC(COC(=O)CCCCCCC/C=C\CCCCCCCC)COC(OCC[N+](C)(C)C)C(=O)[O-]. The number of ether oxygens (including phenoxy) is 4. The van der Waals surface area contributed by atoms with Crippen molar-refractivity contribution < 1.29 is 42.9 Å². The first kappa shape index (κ1) is 59.7. The third-order valence-corrected chi connectivity index (χ3v) is 10.4. The molecule has 0 aliphatic carbocycles. The van der Waals surface area contributed by atoms with Crippen LogP contribution >= 0.6 is 0 Å². The van der Waals surface area contributed by atoms with Gasteiger partial charge >= 0.3 is 11.9 Å². The number of hydrogen-bond acceptors (Lipinski definition) is 8. The monoisotopic (exact) mass is 884 g/mol. The first-order chi connectivity index (χ1) is 30.6. The lowest BCUT2D eigenvalue weighted by Crippen LogP contribution is -2.44. The molecule has 2 atom stereocenters. The number of unbranched alkanes of at least 4 members (excludes halogenated alkanes) is 18. The number of carbonyl (C=O) groups excluding carboxylic acids is 3. The van der Waals surface area contributed by atoms with Gasteiger partial charge in [-0.1, -0.05) is 170 Å². The Hall–Kier alpha value is -3.27. The van der Waals surface area contributed by atoms with Gasteiger partial charge in [0.2, 0.25) is 0 Å². The molecule has 0 bridgehead atoms. The molecule has 0 rings (SSSR count). The highest BCUT2D eigenvalue weighted by Gasteiger charge is 2.21. The lowest BCUT2D eigenvalue weighted by Gasteiger charge is -2.26. The maximum absolute atomic E-state index is 12.8. The first-order valence-electron chi connectivity index (χ1n) is 25.1. The zero-order valence-corrected chi connectivity index (χ0v) is 40.9. The van der Waals surface area contributed by atoms with Crippen LogP contribution in [0.25, 0.3) is 0 Å². The van der Waals surface area contributed by atoms with Crippen molar-refractivity contribution in [3.05, 3.63) is 72.9 Å². The number of likely N-dealkylation sites (N-methyl/N-ethyl adjacent to an activating group) is 1. The van der Waals surface area contributed by atoms with Crippen molar-refractivity contribution in [2.45, 2.75) is 206 Å². The van der Waals surface area contributed by atoms with Crippen LogP contribution in [0.2, 0.25) is 0 Å². The number of carboxylic acid groups (broad SMARTS) is 1. The van der Waals surface area contributed by atoms with Crippen LogP contribution in [0.4, 0.5) is 0 Å². The van der Waals surface area contributed by atoms with Crippen LogP contribution in [-0.4, -0.2) is 82.3 Å². The molecule has 0 aromatic rings. The average molecular weight is 884 g/mol. The second kappa shape index (κ2) is 45.3. The van der Waals surface area contributed by atoms with E-state index in [0.717, 1.165) is 96.3 Å². The Labute approximate surface area is 386 Å². The van der Waals surface area contributed by atoms with Gasteiger partial charge in [-0.3, -0.25) is 9.59 Å². The van der Waals surface area contributed by atoms with Crippen molar-refractivity contribution in [3.63, 3.8) is 0 Å². The molecule has 0 aliphatic rings. The number of aliphatic carboxylic acids is 1. The number of rotatable bonds is 45. The molecule has 0 radical (unpaired) electrons.